The molecule has 9 aromatic rings. The minimum atomic E-state index is 0.294. The smallest absolute Gasteiger partial charge is 0.135 e. The van der Waals surface area contributed by atoms with Crippen LogP contribution in [0.15, 0.2) is 179 Å². The summed E-state index contributed by atoms with van der Waals surface area (Å²) in [5.74, 6) is 2.90. The molecule has 320 valence electrons. The van der Waals surface area contributed by atoms with Gasteiger partial charge in [0, 0.05) is 33.7 Å². The Kier molecular flexibility index (Phi) is 12.9. The average molecular weight is 837 g/mol. The first kappa shape index (κ1) is 42.7. The molecule has 0 radical (unpaired) electrons. The number of hydrogen-bond donors (Lipinski definition) is 0. The molecular formula is C62H60O2. The van der Waals surface area contributed by atoms with Crippen molar-refractivity contribution in [1.82, 2.24) is 0 Å². The van der Waals surface area contributed by atoms with Gasteiger partial charge in [-0.1, -0.05) is 193 Å². The minimum absolute atomic E-state index is 0.294. The largest absolute Gasteiger partial charge is 0.460 e. The zero-order valence-electron chi connectivity index (χ0n) is 38.2. The minimum Gasteiger partial charge on any atom is -0.460 e. The lowest BCUT2D eigenvalue weighted by molar-refractivity contribution is 0.494. The number of allylic oxidation sites excluding steroid dienone is 1. The molecule has 64 heavy (non-hydrogen) atoms. The summed E-state index contributed by atoms with van der Waals surface area (Å²) >= 11 is 0. The molecule has 0 amide bonds. The van der Waals surface area contributed by atoms with Gasteiger partial charge in [0.15, 0.2) is 0 Å². The molecule has 2 heteroatoms. The van der Waals surface area contributed by atoms with E-state index in [0.29, 0.717) is 11.8 Å². The fraction of sp³-hybridized carbons (Fsp3) is 0.226. The van der Waals surface area contributed by atoms with Crippen LogP contribution in [0.5, 0.6) is 0 Å². The summed E-state index contributed by atoms with van der Waals surface area (Å²) in [6.07, 6.45) is 12.1. The van der Waals surface area contributed by atoms with Crippen molar-refractivity contribution in [1.29, 1.82) is 0 Å². The van der Waals surface area contributed by atoms with E-state index in [-0.39, 0.29) is 0 Å². The maximum absolute atomic E-state index is 6.47. The molecule has 2 atom stereocenters. The Morgan fingerprint density at radius 2 is 1.23 bits per heavy atom. The van der Waals surface area contributed by atoms with Gasteiger partial charge in [-0.3, -0.25) is 0 Å². The first-order valence-corrected chi connectivity index (χ1v) is 23.8. The quantitative estimate of drug-likeness (QED) is 0.137. The molecule has 0 spiro atoms. The van der Waals surface area contributed by atoms with Crippen LogP contribution in [0, 0.1) is 0 Å². The normalized spacial score (nSPS) is 13.9. The summed E-state index contributed by atoms with van der Waals surface area (Å²) < 4.78 is 12.8. The topological polar surface area (TPSA) is 26.3 Å². The van der Waals surface area contributed by atoms with Crippen molar-refractivity contribution in [2.24, 2.45) is 0 Å². The van der Waals surface area contributed by atoms with E-state index >= 15 is 0 Å². The van der Waals surface area contributed by atoms with Crippen LogP contribution in [0.3, 0.4) is 0 Å². The van der Waals surface area contributed by atoms with Crippen molar-refractivity contribution >= 4 is 28.0 Å². The lowest BCUT2D eigenvalue weighted by atomic mass is 9.76. The van der Waals surface area contributed by atoms with E-state index in [1.54, 1.807) is 0 Å². The van der Waals surface area contributed by atoms with E-state index < -0.39 is 0 Å². The number of aryl methyl sites for hydroxylation is 2. The van der Waals surface area contributed by atoms with Crippen molar-refractivity contribution < 1.29 is 8.83 Å². The standard InChI is InChI=1S/C33H26O.C27H28O.C2H6/c1-2-21-8-5-9-22(18-21)23-10-6-11-24(19-23)25-16-17-26-27-12-3-4-14-30-32(27)33-28(29(26)20-25)13-7-15-31(33)34-30;1-3-11-23(22-16-10-15-21(19-22)20-13-6-5-7-14-20)27-25(12-4-2)24-17-8-9-18-26(24)28-27;1-2/h4-11,13-20,27H,2-3,12H2,1H3;5-10,13-19,23H,3-4,11-12H2,1-2H3;1-2H3. The second-order valence-electron chi connectivity index (χ2n) is 17.1. The van der Waals surface area contributed by atoms with Gasteiger partial charge >= 0.3 is 0 Å². The molecule has 2 nitrogen and oxygen atoms in total. The Hall–Kier alpha value is -6.64. The molecule has 0 N–H and O–H groups in total. The Bertz CT molecular complexity index is 3050. The van der Waals surface area contributed by atoms with Crippen LogP contribution >= 0.6 is 0 Å². The summed E-state index contributed by atoms with van der Waals surface area (Å²) in [4.78, 5) is 0. The van der Waals surface area contributed by atoms with E-state index in [9.17, 15) is 0 Å². The summed E-state index contributed by atoms with van der Waals surface area (Å²) in [5, 5.41) is 2.59. The van der Waals surface area contributed by atoms with Gasteiger partial charge in [-0.2, -0.15) is 0 Å². The van der Waals surface area contributed by atoms with Gasteiger partial charge in [0.2, 0.25) is 0 Å². The number of hydrogen-bond acceptors (Lipinski definition) is 2. The molecule has 0 fully saturated rings. The summed E-state index contributed by atoms with van der Waals surface area (Å²) in [6.45, 7) is 10.7. The molecule has 7 aromatic carbocycles. The highest BCUT2D eigenvalue weighted by molar-refractivity contribution is 6.03. The van der Waals surface area contributed by atoms with Gasteiger partial charge < -0.3 is 8.83 Å². The van der Waals surface area contributed by atoms with Crippen molar-refractivity contribution in [2.45, 2.75) is 91.4 Å². The van der Waals surface area contributed by atoms with Crippen molar-refractivity contribution in [2.75, 3.05) is 0 Å². The van der Waals surface area contributed by atoms with Crippen LogP contribution in [-0.4, -0.2) is 0 Å². The zero-order chi connectivity index (χ0) is 44.0. The maximum Gasteiger partial charge on any atom is 0.135 e. The molecule has 2 unspecified atom stereocenters. The summed E-state index contributed by atoms with van der Waals surface area (Å²) in [6, 6.07) is 59.5. The number of benzene rings is 7. The van der Waals surface area contributed by atoms with E-state index in [1.807, 2.05) is 13.8 Å². The molecule has 0 saturated heterocycles. The van der Waals surface area contributed by atoms with E-state index in [1.165, 1.54) is 83.1 Å². The van der Waals surface area contributed by atoms with E-state index in [2.05, 4.69) is 197 Å². The molecule has 2 heterocycles. The Balaban J connectivity index is 0.000000159. The lowest BCUT2D eigenvalue weighted by Gasteiger charge is -2.26. The first-order chi connectivity index (χ1) is 31.6. The van der Waals surface area contributed by atoms with Gasteiger partial charge in [-0.15, -0.1) is 0 Å². The van der Waals surface area contributed by atoms with Gasteiger partial charge in [0.05, 0.1) is 0 Å². The van der Waals surface area contributed by atoms with Gasteiger partial charge in [0.1, 0.15) is 22.7 Å². The fourth-order valence-corrected chi connectivity index (χ4v) is 10.1. The molecule has 11 rings (SSSR count). The lowest BCUT2D eigenvalue weighted by Crippen LogP contribution is -2.08. The van der Waals surface area contributed by atoms with Crippen LogP contribution < -0.4 is 0 Å². The van der Waals surface area contributed by atoms with Crippen LogP contribution in [-0.2, 0) is 12.8 Å². The second kappa shape index (κ2) is 19.4. The first-order valence-electron chi connectivity index (χ1n) is 23.8. The van der Waals surface area contributed by atoms with Crippen LogP contribution in [0.25, 0.3) is 72.5 Å². The van der Waals surface area contributed by atoms with E-state index in [4.69, 9.17) is 8.83 Å². The van der Waals surface area contributed by atoms with Gasteiger partial charge in [-0.05, 0) is 124 Å². The molecule has 0 saturated carbocycles. The Morgan fingerprint density at radius 1 is 0.562 bits per heavy atom. The Morgan fingerprint density at radius 3 is 2.02 bits per heavy atom. The number of fused-ring (bicyclic) bond motifs is 4. The van der Waals surface area contributed by atoms with Gasteiger partial charge in [0.25, 0.3) is 0 Å². The highest BCUT2D eigenvalue weighted by atomic mass is 16.3. The average Bonchev–Trinajstić information content (AvgIpc) is 3.84. The highest BCUT2D eigenvalue weighted by Gasteiger charge is 2.32. The third-order valence-electron chi connectivity index (χ3n) is 13.1. The molecular weight excluding hydrogens is 777 g/mol. The van der Waals surface area contributed by atoms with Crippen molar-refractivity contribution in [3.05, 3.63) is 209 Å². The SMILES string of the molecule is CC.CCCc1c(C(CCC)c2cccc(-c3ccccc3)c2)oc2ccccc12.CCc1cccc(-c2cccc(-c3ccc4c(c3)-c3cccc5oc6c(c35)C4CCC=C6)c2)c1. The third kappa shape index (κ3) is 8.30. The summed E-state index contributed by atoms with van der Waals surface area (Å²) in [7, 11) is 0. The van der Waals surface area contributed by atoms with Crippen molar-refractivity contribution in [3.8, 4) is 44.5 Å². The highest BCUT2D eigenvalue weighted by Crippen LogP contribution is 2.51. The molecule has 2 aliphatic carbocycles. The van der Waals surface area contributed by atoms with Crippen LogP contribution in [0.1, 0.15) is 118 Å². The van der Waals surface area contributed by atoms with Crippen LogP contribution in [0.2, 0.25) is 0 Å². The van der Waals surface area contributed by atoms with Crippen LogP contribution in [0.4, 0.5) is 0 Å². The Labute approximate surface area is 380 Å². The van der Waals surface area contributed by atoms with Gasteiger partial charge in [-0.25, -0.2) is 0 Å². The monoisotopic (exact) mass is 836 g/mol. The van der Waals surface area contributed by atoms with E-state index in [0.717, 1.165) is 67.6 Å². The maximum atomic E-state index is 6.47. The van der Waals surface area contributed by atoms with Crippen molar-refractivity contribution in [3.63, 3.8) is 0 Å². The molecule has 2 aliphatic rings. The second-order valence-corrected chi connectivity index (χ2v) is 17.1. The zero-order valence-corrected chi connectivity index (χ0v) is 38.2. The predicted molar refractivity (Wildman–Crippen MR) is 272 cm³/mol. The predicted octanol–water partition coefficient (Wildman–Crippen LogP) is 18.3. The summed E-state index contributed by atoms with van der Waals surface area (Å²) in [5.41, 5.74) is 19.2. The fourth-order valence-electron chi connectivity index (χ4n) is 10.1. The third-order valence-corrected chi connectivity index (χ3v) is 13.1. The number of para-hydroxylation sites is 1. The number of rotatable bonds is 10. The molecule has 2 aromatic heterocycles. The molecule has 0 bridgehead atoms. The molecule has 0 aliphatic heterocycles. The number of furan rings is 2.